The first-order chi connectivity index (χ1) is 9.65. The molecule has 4 nitrogen and oxygen atoms in total. The minimum Gasteiger partial charge on any atom is -0.336 e. The van der Waals surface area contributed by atoms with Gasteiger partial charge < -0.3 is 4.90 Å². The Hall–Kier alpha value is -2.10. The second-order valence-corrected chi connectivity index (χ2v) is 4.85. The number of carbonyl (C=O) groups is 1. The Morgan fingerprint density at radius 2 is 1.90 bits per heavy atom. The highest BCUT2D eigenvalue weighted by atomic mass is 16.2. The molecule has 0 unspecified atom stereocenters. The summed E-state index contributed by atoms with van der Waals surface area (Å²) in [6.07, 6.45) is 2.76. The van der Waals surface area contributed by atoms with Gasteiger partial charge in [0.15, 0.2) is 0 Å². The van der Waals surface area contributed by atoms with Crippen molar-refractivity contribution in [3.63, 3.8) is 0 Å². The van der Waals surface area contributed by atoms with Crippen LogP contribution >= 0.6 is 0 Å². The lowest BCUT2D eigenvalue weighted by Crippen LogP contribution is -2.27. The zero-order valence-electron chi connectivity index (χ0n) is 12.3. The molecule has 20 heavy (non-hydrogen) atoms. The van der Waals surface area contributed by atoms with Crippen LogP contribution in [0.25, 0.3) is 0 Å². The molecule has 0 aliphatic heterocycles. The summed E-state index contributed by atoms with van der Waals surface area (Å²) in [6, 6.07) is 9.77. The molecule has 0 aliphatic rings. The summed E-state index contributed by atoms with van der Waals surface area (Å²) in [5.41, 5.74) is 3.02. The fourth-order valence-electron chi connectivity index (χ4n) is 2.20. The van der Waals surface area contributed by atoms with E-state index < -0.39 is 0 Å². The van der Waals surface area contributed by atoms with Crippen molar-refractivity contribution in [1.82, 2.24) is 14.7 Å². The first-order valence-electron chi connectivity index (χ1n) is 7.00. The third kappa shape index (κ3) is 3.07. The number of benzene rings is 1. The minimum absolute atomic E-state index is 0.0384. The van der Waals surface area contributed by atoms with Crippen LogP contribution in [0.4, 0.5) is 0 Å². The molecule has 0 aliphatic carbocycles. The second-order valence-electron chi connectivity index (χ2n) is 4.85. The Labute approximate surface area is 120 Å². The molecule has 1 aromatic carbocycles. The van der Waals surface area contributed by atoms with E-state index in [1.165, 1.54) is 5.56 Å². The molecular formula is C16H21N3O. The van der Waals surface area contributed by atoms with Gasteiger partial charge in [-0.15, -0.1) is 0 Å². The molecule has 0 atom stereocenters. The van der Waals surface area contributed by atoms with Crippen molar-refractivity contribution in [2.45, 2.75) is 33.4 Å². The van der Waals surface area contributed by atoms with Crippen LogP contribution in [-0.4, -0.2) is 27.6 Å². The number of aryl methyl sites for hydroxylation is 2. The third-order valence-corrected chi connectivity index (χ3v) is 3.46. The summed E-state index contributed by atoms with van der Waals surface area (Å²) in [4.78, 5) is 14.1. The van der Waals surface area contributed by atoms with E-state index in [0.717, 1.165) is 24.2 Å². The van der Waals surface area contributed by atoms with Gasteiger partial charge in [-0.25, -0.2) is 0 Å². The number of nitrogens with zero attached hydrogens (tertiary/aromatic N) is 3. The molecule has 1 heterocycles. The van der Waals surface area contributed by atoms with Gasteiger partial charge in [-0.1, -0.05) is 19.1 Å². The summed E-state index contributed by atoms with van der Waals surface area (Å²) < 4.78 is 1.91. The SMILES string of the molecule is CCc1ccc(C(=O)N(C)Cc2ccnn2CC)cc1. The summed E-state index contributed by atoms with van der Waals surface area (Å²) in [7, 11) is 1.82. The fraction of sp³-hybridized carbons (Fsp3) is 0.375. The Balaban J connectivity index is 2.08. The van der Waals surface area contributed by atoms with Crippen LogP contribution in [0.3, 0.4) is 0 Å². The van der Waals surface area contributed by atoms with E-state index in [4.69, 9.17) is 0 Å². The average Bonchev–Trinajstić information content (AvgIpc) is 2.93. The van der Waals surface area contributed by atoms with Crippen LogP contribution in [0.5, 0.6) is 0 Å². The number of hydrogen-bond donors (Lipinski definition) is 0. The number of carbonyl (C=O) groups excluding carboxylic acids is 1. The van der Waals surface area contributed by atoms with Gasteiger partial charge in [0.05, 0.1) is 12.2 Å². The van der Waals surface area contributed by atoms with Crippen LogP contribution in [-0.2, 0) is 19.5 Å². The monoisotopic (exact) mass is 271 g/mol. The topological polar surface area (TPSA) is 38.1 Å². The van der Waals surface area contributed by atoms with Crippen LogP contribution < -0.4 is 0 Å². The highest BCUT2D eigenvalue weighted by molar-refractivity contribution is 5.94. The maximum absolute atomic E-state index is 12.4. The van der Waals surface area contributed by atoms with Gasteiger partial charge in [0.25, 0.3) is 5.91 Å². The number of hydrogen-bond acceptors (Lipinski definition) is 2. The molecule has 0 saturated heterocycles. The van der Waals surface area contributed by atoms with Crippen molar-refractivity contribution in [3.05, 3.63) is 53.3 Å². The van der Waals surface area contributed by atoms with E-state index in [0.29, 0.717) is 6.54 Å². The van der Waals surface area contributed by atoms with Crippen molar-refractivity contribution in [2.24, 2.45) is 0 Å². The van der Waals surface area contributed by atoms with E-state index in [9.17, 15) is 4.79 Å². The molecule has 1 amide bonds. The lowest BCUT2D eigenvalue weighted by atomic mass is 10.1. The lowest BCUT2D eigenvalue weighted by molar-refractivity contribution is 0.0781. The Morgan fingerprint density at radius 1 is 1.20 bits per heavy atom. The standard InChI is InChI=1S/C16H21N3O/c1-4-13-6-8-14(9-7-13)16(20)18(3)12-15-10-11-17-19(15)5-2/h6-11H,4-5,12H2,1-3H3. The number of aromatic nitrogens is 2. The van der Waals surface area contributed by atoms with Gasteiger partial charge in [0.1, 0.15) is 0 Å². The van der Waals surface area contributed by atoms with Crippen molar-refractivity contribution in [1.29, 1.82) is 0 Å². The van der Waals surface area contributed by atoms with Crippen molar-refractivity contribution < 1.29 is 4.79 Å². The largest absolute Gasteiger partial charge is 0.336 e. The smallest absolute Gasteiger partial charge is 0.253 e. The van der Waals surface area contributed by atoms with E-state index in [2.05, 4.69) is 12.0 Å². The van der Waals surface area contributed by atoms with E-state index in [1.54, 1.807) is 11.1 Å². The number of rotatable bonds is 5. The summed E-state index contributed by atoms with van der Waals surface area (Å²) in [5.74, 6) is 0.0384. The van der Waals surface area contributed by atoms with Gasteiger partial charge in [0, 0.05) is 25.4 Å². The Kier molecular flexibility index (Phi) is 4.56. The lowest BCUT2D eigenvalue weighted by Gasteiger charge is -2.18. The summed E-state index contributed by atoms with van der Waals surface area (Å²) in [6.45, 7) is 5.54. The first kappa shape index (κ1) is 14.3. The van der Waals surface area contributed by atoms with E-state index >= 15 is 0 Å². The van der Waals surface area contributed by atoms with Crippen molar-refractivity contribution in [2.75, 3.05) is 7.05 Å². The first-order valence-corrected chi connectivity index (χ1v) is 7.00. The normalized spacial score (nSPS) is 10.6. The van der Waals surface area contributed by atoms with Crippen LogP contribution in [0.15, 0.2) is 36.5 Å². The third-order valence-electron chi connectivity index (χ3n) is 3.46. The average molecular weight is 271 g/mol. The molecule has 2 aromatic rings. The van der Waals surface area contributed by atoms with Crippen molar-refractivity contribution in [3.8, 4) is 0 Å². The maximum Gasteiger partial charge on any atom is 0.253 e. The molecule has 0 bridgehead atoms. The maximum atomic E-state index is 12.4. The molecule has 0 spiro atoms. The van der Waals surface area contributed by atoms with Gasteiger partial charge in [-0.3, -0.25) is 9.48 Å². The molecule has 1 aromatic heterocycles. The highest BCUT2D eigenvalue weighted by Gasteiger charge is 2.13. The van der Waals surface area contributed by atoms with Crippen molar-refractivity contribution >= 4 is 5.91 Å². The van der Waals surface area contributed by atoms with E-state index in [1.807, 2.05) is 49.0 Å². The van der Waals surface area contributed by atoms with Crippen LogP contribution in [0.2, 0.25) is 0 Å². The number of amides is 1. The fourth-order valence-corrected chi connectivity index (χ4v) is 2.20. The van der Waals surface area contributed by atoms with Gasteiger partial charge >= 0.3 is 0 Å². The molecule has 2 rings (SSSR count). The summed E-state index contributed by atoms with van der Waals surface area (Å²) >= 11 is 0. The predicted molar refractivity (Wildman–Crippen MR) is 79.5 cm³/mol. The molecule has 4 heteroatoms. The van der Waals surface area contributed by atoms with Crippen LogP contribution in [0.1, 0.15) is 35.5 Å². The minimum atomic E-state index is 0.0384. The molecule has 0 saturated carbocycles. The van der Waals surface area contributed by atoms with Gasteiger partial charge in [0.2, 0.25) is 0 Å². The predicted octanol–water partition coefficient (Wildman–Crippen LogP) is 2.74. The highest BCUT2D eigenvalue weighted by Crippen LogP contribution is 2.10. The molecule has 0 N–H and O–H groups in total. The van der Waals surface area contributed by atoms with Gasteiger partial charge in [-0.05, 0) is 37.1 Å². The Bertz CT molecular complexity index is 572. The Morgan fingerprint density at radius 3 is 2.50 bits per heavy atom. The second kappa shape index (κ2) is 6.37. The van der Waals surface area contributed by atoms with E-state index in [-0.39, 0.29) is 5.91 Å². The van der Waals surface area contributed by atoms with Crippen LogP contribution in [0, 0.1) is 0 Å². The molecule has 0 fully saturated rings. The van der Waals surface area contributed by atoms with Gasteiger partial charge in [-0.2, -0.15) is 5.10 Å². The quantitative estimate of drug-likeness (QED) is 0.838. The summed E-state index contributed by atoms with van der Waals surface area (Å²) in [5, 5.41) is 4.22. The molecular weight excluding hydrogens is 250 g/mol. The zero-order chi connectivity index (χ0) is 14.5. The zero-order valence-corrected chi connectivity index (χ0v) is 12.3. The molecule has 0 radical (unpaired) electrons. The molecule has 106 valence electrons.